The van der Waals surface area contributed by atoms with Gasteiger partial charge in [-0.3, -0.25) is 9.36 Å². The first kappa shape index (κ1) is 22.7. The lowest BCUT2D eigenvalue weighted by molar-refractivity contribution is 0.414. The van der Waals surface area contributed by atoms with Crippen LogP contribution in [0.25, 0.3) is 16.9 Å². The lowest BCUT2D eigenvalue weighted by atomic mass is 10.1. The fraction of sp³-hybridized carbons (Fsp3) is 0.148. The van der Waals surface area contributed by atoms with E-state index in [0.29, 0.717) is 22.8 Å². The lowest BCUT2D eigenvalue weighted by Crippen LogP contribution is -2.40. The van der Waals surface area contributed by atoms with E-state index in [1.165, 1.54) is 9.13 Å². The van der Waals surface area contributed by atoms with Gasteiger partial charge in [-0.1, -0.05) is 59.6 Å². The number of methoxy groups -OCH3 is 1. The normalized spacial score (nSPS) is 11.2. The quantitative estimate of drug-likeness (QED) is 0.356. The summed E-state index contributed by atoms with van der Waals surface area (Å²) in [5.41, 5.74) is 3.17. The Morgan fingerprint density at radius 3 is 2.43 bits per heavy atom. The van der Waals surface area contributed by atoms with E-state index in [9.17, 15) is 9.59 Å². The molecule has 0 aliphatic carbocycles. The Bertz CT molecular complexity index is 1650. The maximum Gasteiger partial charge on any atom is 0.337 e. The van der Waals surface area contributed by atoms with Crippen LogP contribution >= 0.6 is 11.6 Å². The summed E-state index contributed by atoms with van der Waals surface area (Å²) in [7, 11) is 1.61. The molecule has 0 bridgehead atoms. The van der Waals surface area contributed by atoms with E-state index in [2.05, 4.69) is 4.98 Å². The summed E-state index contributed by atoms with van der Waals surface area (Å²) >= 11 is 6.23. The fourth-order valence-electron chi connectivity index (χ4n) is 4.13. The lowest BCUT2D eigenvalue weighted by Gasteiger charge is -2.13. The van der Waals surface area contributed by atoms with Crippen LogP contribution in [-0.4, -0.2) is 25.8 Å². The van der Waals surface area contributed by atoms with Crippen molar-refractivity contribution in [3.05, 3.63) is 122 Å². The minimum absolute atomic E-state index is 0.138. The zero-order chi connectivity index (χ0) is 24.5. The largest absolute Gasteiger partial charge is 0.497 e. The maximum atomic E-state index is 13.7. The number of fused-ring (bicyclic) bond motifs is 1. The van der Waals surface area contributed by atoms with Gasteiger partial charge in [0.05, 0.1) is 25.7 Å². The molecule has 5 rings (SSSR count). The Morgan fingerprint density at radius 2 is 1.69 bits per heavy atom. The molecule has 5 aromatic rings. The van der Waals surface area contributed by atoms with E-state index in [-0.39, 0.29) is 12.2 Å². The third kappa shape index (κ3) is 4.38. The van der Waals surface area contributed by atoms with Crippen molar-refractivity contribution in [3.63, 3.8) is 0 Å². The summed E-state index contributed by atoms with van der Waals surface area (Å²) in [4.78, 5) is 31.8. The summed E-state index contributed by atoms with van der Waals surface area (Å²) < 4.78 is 9.79. The number of aryl methyl sites for hydroxylation is 1. The molecule has 0 atom stereocenters. The second kappa shape index (κ2) is 9.27. The first-order valence-electron chi connectivity index (χ1n) is 11.1. The van der Waals surface area contributed by atoms with Gasteiger partial charge in [0.15, 0.2) is 11.2 Å². The summed E-state index contributed by atoms with van der Waals surface area (Å²) in [6, 6.07) is 22.3. The number of imidazole rings is 1. The molecule has 35 heavy (non-hydrogen) atoms. The predicted octanol–water partition coefficient (Wildman–Crippen LogP) is 4.42. The van der Waals surface area contributed by atoms with Crippen molar-refractivity contribution in [2.24, 2.45) is 0 Å². The second-order valence-electron chi connectivity index (χ2n) is 8.37. The number of rotatable bonds is 6. The Hall–Kier alpha value is -4.10. The molecule has 0 aliphatic rings. The van der Waals surface area contributed by atoms with E-state index >= 15 is 0 Å². The maximum absolute atomic E-state index is 13.7. The molecule has 0 amide bonds. The fourth-order valence-corrected chi connectivity index (χ4v) is 4.32. The van der Waals surface area contributed by atoms with Crippen LogP contribution in [0.15, 0.2) is 88.7 Å². The van der Waals surface area contributed by atoms with Gasteiger partial charge < -0.3 is 9.30 Å². The minimum atomic E-state index is -0.475. The number of ether oxygens (including phenoxy) is 1. The zero-order valence-corrected chi connectivity index (χ0v) is 20.1. The molecule has 0 radical (unpaired) electrons. The third-order valence-electron chi connectivity index (χ3n) is 5.91. The van der Waals surface area contributed by atoms with Gasteiger partial charge in [-0.25, -0.2) is 14.3 Å². The van der Waals surface area contributed by atoms with E-state index in [1.807, 2.05) is 55.5 Å². The molecule has 3 aromatic carbocycles. The smallest absolute Gasteiger partial charge is 0.337 e. The molecular weight excluding hydrogens is 464 g/mol. The van der Waals surface area contributed by atoms with Gasteiger partial charge in [-0.05, 0) is 48.4 Å². The van der Waals surface area contributed by atoms with Crippen molar-refractivity contribution >= 4 is 22.8 Å². The van der Waals surface area contributed by atoms with Crippen molar-refractivity contribution in [1.29, 1.82) is 0 Å². The SMILES string of the molecule is COc1cccc(Cn2cnc3c2c(=O)n(Cc2ccc(C)cc2)c(=O)n3-c2cccc(Cl)c2)c1. The van der Waals surface area contributed by atoms with Gasteiger partial charge in [0, 0.05) is 11.6 Å². The summed E-state index contributed by atoms with van der Waals surface area (Å²) in [5.74, 6) is 0.722. The van der Waals surface area contributed by atoms with E-state index < -0.39 is 11.2 Å². The van der Waals surface area contributed by atoms with Crippen LogP contribution in [0.1, 0.15) is 16.7 Å². The highest BCUT2D eigenvalue weighted by Gasteiger charge is 2.20. The molecule has 0 saturated heterocycles. The topological polar surface area (TPSA) is 71.1 Å². The standard InChI is InChI=1S/C27H23ClN4O3/c1-18-9-11-19(12-10-18)16-31-26(33)24-25(32(27(31)34)22-7-4-6-21(28)14-22)29-17-30(24)15-20-5-3-8-23(13-20)35-2/h3-14,17H,15-16H2,1-2H3. The first-order valence-corrected chi connectivity index (χ1v) is 11.5. The Morgan fingerprint density at radius 1 is 0.914 bits per heavy atom. The molecular formula is C27H23ClN4O3. The molecule has 0 spiro atoms. The van der Waals surface area contributed by atoms with Crippen LogP contribution in [-0.2, 0) is 13.1 Å². The van der Waals surface area contributed by atoms with Crippen molar-refractivity contribution in [3.8, 4) is 11.4 Å². The summed E-state index contributed by atoms with van der Waals surface area (Å²) in [6.07, 6.45) is 1.59. The van der Waals surface area contributed by atoms with Crippen LogP contribution in [0.2, 0.25) is 5.02 Å². The highest BCUT2D eigenvalue weighted by molar-refractivity contribution is 6.30. The van der Waals surface area contributed by atoms with Crippen molar-refractivity contribution in [1.82, 2.24) is 18.7 Å². The molecule has 2 heterocycles. The molecule has 2 aromatic heterocycles. The Labute approximate surface area is 206 Å². The summed E-state index contributed by atoms with van der Waals surface area (Å²) in [5, 5.41) is 0.481. The molecule has 0 fully saturated rings. The molecule has 0 unspecified atom stereocenters. The van der Waals surface area contributed by atoms with Crippen molar-refractivity contribution < 1.29 is 4.74 Å². The van der Waals surface area contributed by atoms with Crippen LogP contribution < -0.4 is 16.0 Å². The molecule has 7 nitrogen and oxygen atoms in total. The average Bonchev–Trinajstić information content (AvgIpc) is 3.26. The monoisotopic (exact) mass is 486 g/mol. The molecule has 8 heteroatoms. The Balaban J connectivity index is 1.74. The molecule has 176 valence electrons. The molecule has 0 aliphatic heterocycles. The molecule has 0 N–H and O–H groups in total. The number of hydrogen-bond acceptors (Lipinski definition) is 4. The van der Waals surface area contributed by atoms with Crippen LogP contribution in [0.3, 0.4) is 0 Å². The number of hydrogen-bond donors (Lipinski definition) is 0. The van der Waals surface area contributed by atoms with Gasteiger partial charge in [-0.2, -0.15) is 0 Å². The van der Waals surface area contributed by atoms with Gasteiger partial charge in [0.1, 0.15) is 5.75 Å². The number of halogens is 1. The second-order valence-corrected chi connectivity index (χ2v) is 8.81. The van der Waals surface area contributed by atoms with Gasteiger partial charge in [0.25, 0.3) is 5.56 Å². The number of aromatic nitrogens is 4. The highest BCUT2D eigenvalue weighted by Crippen LogP contribution is 2.19. The van der Waals surface area contributed by atoms with E-state index in [0.717, 1.165) is 22.4 Å². The van der Waals surface area contributed by atoms with Crippen LogP contribution in [0.4, 0.5) is 0 Å². The van der Waals surface area contributed by atoms with Crippen molar-refractivity contribution in [2.75, 3.05) is 7.11 Å². The minimum Gasteiger partial charge on any atom is -0.497 e. The van der Waals surface area contributed by atoms with E-state index in [4.69, 9.17) is 16.3 Å². The van der Waals surface area contributed by atoms with Gasteiger partial charge in [-0.15, -0.1) is 0 Å². The average molecular weight is 487 g/mol. The van der Waals surface area contributed by atoms with Gasteiger partial charge >= 0.3 is 5.69 Å². The van der Waals surface area contributed by atoms with E-state index in [1.54, 1.807) is 42.3 Å². The summed E-state index contributed by atoms with van der Waals surface area (Å²) in [6.45, 7) is 2.52. The highest BCUT2D eigenvalue weighted by atomic mass is 35.5. The van der Waals surface area contributed by atoms with Gasteiger partial charge in [0.2, 0.25) is 0 Å². The zero-order valence-electron chi connectivity index (χ0n) is 19.3. The third-order valence-corrected chi connectivity index (χ3v) is 6.15. The Kier molecular flexibility index (Phi) is 6.01. The number of nitrogens with zero attached hydrogens (tertiary/aromatic N) is 4. The molecule has 0 saturated carbocycles. The first-order chi connectivity index (χ1) is 16.9. The van der Waals surface area contributed by atoms with Crippen LogP contribution in [0, 0.1) is 6.92 Å². The van der Waals surface area contributed by atoms with Crippen LogP contribution in [0.5, 0.6) is 5.75 Å². The predicted molar refractivity (Wildman–Crippen MR) is 137 cm³/mol. The number of benzene rings is 3. The van der Waals surface area contributed by atoms with Crippen molar-refractivity contribution in [2.45, 2.75) is 20.0 Å².